The molecule has 2 aromatic heterocycles. The van der Waals surface area contributed by atoms with E-state index in [-0.39, 0.29) is 0 Å². The molecule has 0 amide bonds. The van der Waals surface area contributed by atoms with E-state index >= 15 is 0 Å². The highest BCUT2D eigenvalue weighted by molar-refractivity contribution is 5.80. The molecular weight excluding hydrogens is 244 g/mol. The van der Waals surface area contributed by atoms with Crippen molar-refractivity contribution in [3.8, 4) is 22.4 Å². The summed E-state index contributed by atoms with van der Waals surface area (Å²) in [6.07, 6.45) is 4.69. The van der Waals surface area contributed by atoms with Crippen molar-refractivity contribution in [3.05, 3.63) is 72.7 Å². The highest BCUT2D eigenvalue weighted by Crippen LogP contribution is 2.29. The van der Waals surface area contributed by atoms with E-state index in [1.807, 2.05) is 36.7 Å². The molecule has 20 heavy (non-hydrogen) atoms. The van der Waals surface area contributed by atoms with Gasteiger partial charge < -0.3 is 0 Å². The van der Waals surface area contributed by atoms with E-state index in [4.69, 9.17) is 0 Å². The first kappa shape index (κ1) is 12.5. The monoisotopic (exact) mass is 260 g/mol. The SMILES string of the molecule is CCc1ccc(-c2ncccc2-c2ccccc2)cn1. The van der Waals surface area contributed by atoms with Crippen molar-refractivity contribution in [3.63, 3.8) is 0 Å². The van der Waals surface area contributed by atoms with Crippen molar-refractivity contribution in [1.29, 1.82) is 0 Å². The molecule has 1 aromatic carbocycles. The molecule has 2 nitrogen and oxygen atoms in total. The van der Waals surface area contributed by atoms with Gasteiger partial charge in [0, 0.05) is 29.2 Å². The van der Waals surface area contributed by atoms with Gasteiger partial charge in [0.05, 0.1) is 5.69 Å². The van der Waals surface area contributed by atoms with Crippen LogP contribution in [0.4, 0.5) is 0 Å². The highest BCUT2D eigenvalue weighted by atomic mass is 14.7. The van der Waals surface area contributed by atoms with E-state index in [0.29, 0.717) is 0 Å². The van der Waals surface area contributed by atoms with E-state index in [0.717, 1.165) is 28.9 Å². The minimum absolute atomic E-state index is 0.952. The summed E-state index contributed by atoms with van der Waals surface area (Å²) in [6.45, 7) is 2.11. The molecule has 98 valence electrons. The van der Waals surface area contributed by atoms with E-state index in [1.165, 1.54) is 5.56 Å². The molecule has 0 atom stereocenters. The van der Waals surface area contributed by atoms with Gasteiger partial charge in [0.2, 0.25) is 0 Å². The predicted molar refractivity (Wildman–Crippen MR) is 82.3 cm³/mol. The Hall–Kier alpha value is -2.48. The summed E-state index contributed by atoms with van der Waals surface area (Å²) in [5, 5.41) is 0. The zero-order chi connectivity index (χ0) is 13.8. The van der Waals surface area contributed by atoms with E-state index in [1.54, 1.807) is 0 Å². The molecule has 0 saturated carbocycles. The van der Waals surface area contributed by atoms with Crippen LogP contribution in [0.1, 0.15) is 12.6 Å². The second kappa shape index (κ2) is 5.66. The quantitative estimate of drug-likeness (QED) is 0.698. The van der Waals surface area contributed by atoms with Gasteiger partial charge in [-0.15, -0.1) is 0 Å². The van der Waals surface area contributed by atoms with Crippen LogP contribution in [0.25, 0.3) is 22.4 Å². The Labute approximate surface area is 119 Å². The van der Waals surface area contributed by atoms with Crippen LogP contribution < -0.4 is 0 Å². The molecular formula is C18H16N2. The van der Waals surface area contributed by atoms with Crippen LogP contribution >= 0.6 is 0 Å². The Morgan fingerprint density at radius 3 is 2.35 bits per heavy atom. The smallest absolute Gasteiger partial charge is 0.0795 e. The topological polar surface area (TPSA) is 25.8 Å². The largest absolute Gasteiger partial charge is 0.261 e. The predicted octanol–water partition coefficient (Wildman–Crippen LogP) is 4.37. The third kappa shape index (κ3) is 2.45. The van der Waals surface area contributed by atoms with Crippen LogP contribution in [0.5, 0.6) is 0 Å². The van der Waals surface area contributed by atoms with Gasteiger partial charge in [0.25, 0.3) is 0 Å². The van der Waals surface area contributed by atoms with Gasteiger partial charge in [-0.25, -0.2) is 0 Å². The van der Waals surface area contributed by atoms with Gasteiger partial charge in [-0.3, -0.25) is 9.97 Å². The lowest BCUT2D eigenvalue weighted by molar-refractivity contribution is 1.04. The molecule has 0 saturated heterocycles. The van der Waals surface area contributed by atoms with Crippen molar-refractivity contribution >= 4 is 0 Å². The first-order chi connectivity index (χ1) is 9.88. The number of aromatic nitrogens is 2. The van der Waals surface area contributed by atoms with E-state index in [2.05, 4.69) is 47.2 Å². The summed E-state index contributed by atoms with van der Waals surface area (Å²) in [6, 6.07) is 18.6. The minimum atomic E-state index is 0.952. The summed E-state index contributed by atoms with van der Waals surface area (Å²) in [4.78, 5) is 9.01. The lowest BCUT2D eigenvalue weighted by atomic mass is 10.0. The van der Waals surface area contributed by atoms with Crippen LogP contribution in [0.2, 0.25) is 0 Å². The lowest BCUT2D eigenvalue weighted by Gasteiger charge is -2.09. The van der Waals surface area contributed by atoms with Crippen molar-refractivity contribution in [1.82, 2.24) is 9.97 Å². The Balaban J connectivity index is 2.10. The van der Waals surface area contributed by atoms with Crippen molar-refractivity contribution in [2.45, 2.75) is 13.3 Å². The molecule has 0 aliphatic heterocycles. The standard InChI is InChI=1S/C18H16N2/c1-2-16-11-10-15(13-20-16)18-17(9-6-12-19-18)14-7-4-3-5-8-14/h3-13H,2H2,1H3. The third-order valence-corrected chi connectivity index (χ3v) is 3.35. The summed E-state index contributed by atoms with van der Waals surface area (Å²) < 4.78 is 0. The number of hydrogen-bond acceptors (Lipinski definition) is 2. The Bertz CT molecular complexity index is 688. The molecule has 2 heteroatoms. The summed E-state index contributed by atoms with van der Waals surface area (Å²) >= 11 is 0. The average Bonchev–Trinajstić information content (AvgIpc) is 2.56. The number of rotatable bonds is 3. The fraction of sp³-hybridized carbons (Fsp3) is 0.111. The Kier molecular flexibility index (Phi) is 3.55. The molecule has 3 rings (SSSR count). The van der Waals surface area contributed by atoms with Gasteiger partial charge in [0.15, 0.2) is 0 Å². The average molecular weight is 260 g/mol. The van der Waals surface area contributed by atoms with Crippen molar-refractivity contribution in [2.75, 3.05) is 0 Å². The Morgan fingerprint density at radius 2 is 1.65 bits per heavy atom. The molecule has 0 unspecified atom stereocenters. The van der Waals surface area contributed by atoms with Crippen LogP contribution in [0.3, 0.4) is 0 Å². The van der Waals surface area contributed by atoms with Gasteiger partial charge in [0.1, 0.15) is 0 Å². The van der Waals surface area contributed by atoms with Crippen LogP contribution in [-0.4, -0.2) is 9.97 Å². The van der Waals surface area contributed by atoms with E-state index in [9.17, 15) is 0 Å². The number of aryl methyl sites for hydroxylation is 1. The van der Waals surface area contributed by atoms with Crippen molar-refractivity contribution < 1.29 is 0 Å². The highest BCUT2D eigenvalue weighted by Gasteiger charge is 2.08. The summed E-state index contributed by atoms with van der Waals surface area (Å²) in [7, 11) is 0. The summed E-state index contributed by atoms with van der Waals surface area (Å²) in [5.74, 6) is 0. The second-order valence-electron chi connectivity index (χ2n) is 4.66. The normalized spacial score (nSPS) is 10.4. The van der Waals surface area contributed by atoms with Crippen LogP contribution in [0.15, 0.2) is 67.0 Å². The fourth-order valence-electron chi connectivity index (χ4n) is 2.26. The van der Waals surface area contributed by atoms with Crippen LogP contribution in [-0.2, 0) is 6.42 Å². The molecule has 3 aromatic rings. The molecule has 0 bridgehead atoms. The third-order valence-electron chi connectivity index (χ3n) is 3.35. The second-order valence-corrected chi connectivity index (χ2v) is 4.66. The zero-order valence-electron chi connectivity index (χ0n) is 11.5. The molecule has 0 radical (unpaired) electrons. The maximum atomic E-state index is 4.54. The molecule has 0 fully saturated rings. The molecule has 0 aliphatic rings. The maximum Gasteiger partial charge on any atom is 0.0795 e. The van der Waals surface area contributed by atoms with Gasteiger partial charge in [-0.1, -0.05) is 43.3 Å². The summed E-state index contributed by atoms with van der Waals surface area (Å²) in [5.41, 5.74) is 5.45. The van der Waals surface area contributed by atoms with Gasteiger partial charge >= 0.3 is 0 Å². The first-order valence-electron chi connectivity index (χ1n) is 6.84. The van der Waals surface area contributed by atoms with Crippen molar-refractivity contribution in [2.24, 2.45) is 0 Å². The number of benzene rings is 1. The van der Waals surface area contributed by atoms with Gasteiger partial charge in [-0.05, 0) is 30.2 Å². The van der Waals surface area contributed by atoms with Gasteiger partial charge in [-0.2, -0.15) is 0 Å². The first-order valence-corrected chi connectivity index (χ1v) is 6.84. The molecule has 2 heterocycles. The zero-order valence-corrected chi connectivity index (χ0v) is 11.5. The van der Waals surface area contributed by atoms with E-state index < -0.39 is 0 Å². The minimum Gasteiger partial charge on any atom is -0.261 e. The number of pyridine rings is 2. The Morgan fingerprint density at radius 1 is 0.800 bits per heavy atom. The molecule has 0 N–H and O–H groups in total. The fourth-order valence-corrected chi connectivity index (χ4v) is 2.26. The molecule has 0 aliphatic carbocycles. The number of nitrogens with zero attached hydrogens (tertiary/aromatic N) is 2. The number of hydrogen-bond donors (Lipinski definition) is 0. The van der Waals surface area contributed by atoms with Crippen LogP contribution in [0, 0.1) is 0 Å². The lowest BCUT2D eigenvalue weighted by Crippen LogP contribution is -1.91. The maximum absolute atomic E-state index is 4.54. The molecule has 0 spiro atoms.